The van der Waals surface area contributed by atoms with Crippen molar-refractivity contribution in [3.8, 4) is 6.07 Å². The highest BCUT2D eigenvalue weighted by atomic mass is 16.5. The van der Waals surface area contributed by atoms with Gasteiger partial charge in [-0.3, -0.25) is 0 Å². The number of piperidine rings is 1. The molecule has 0 bridgehead atoms. The minimum Gasteiger partial charge on any atom is -0.385 e. The maximum atomic E-state index is 8.91. The largest absolute Gasteiger partial charge is 0.385 e. The van der Waals surface area contributed by atoms with Crippen LogP contribution in [-0.2, 0) is 11.3 Å². The van der Waals surface area contributed by atoms with Gasteiger partial charge in [0.25, 0.3) is 0 Å². The molecule has 1 aromatic carbocycles. The number of rotatable bonds is 7. The summed E-state index contributed by atoms with van der Waals surface area (Å²) < 4.78 is 5.10. The van der Waals surface area contributed by atoms with Gasteiger partial charge < -0.3 is 15.0 Å². The molecular weight excluding hydrogens is 262 g/mol. The van der Waals surface area contributed by atoms with Crippen LogP contribution in [0, 0.1) is 11.3 Å². The lowest BCUT2D eigenvalue weighted by atomic mass is 10.0. The Morgan fingerprint density at radius 2 is 2.19 bits per heavy atom. The number of ether oxygens (including phenoxy) is 1. The molecule has 0 aliphatic carbocycles. The monoisotopic (exact) mass is 287 g/mol. The van der Waals surface area contributed by atoms with Crippen LogP contribution >= 0.6 is 0 Å². The van der Waals surface area contributed by atoms with Crippen LogP contribution in [0.2, 0.25) is 0 Å². The third-order valence-corrected chi connectivity index (χ3v) is 4.06. The first kappa shape index (κ1) is 16.0. The minimum absolute atomic E-state index is 0.592. The van der Waals surface area contributed by atoms with Crippen molar-refractivity contribution in [2.24, 2.45) is 0 Å². The van der Waals surface area contributed by atoms with Gasteiger partial charge in [-0.15, -0.1) is 0 Å². The van der Waals surface area contributed by atoms with Gasteiger partial charge in [0.2, 0.25) is 0 Å². The van der Waals surface area contributed by atoms with E-state index in [1.165, 1.54) is 31.5 Å². The summed E-state index contributed by atoms with van der Waals surface area (Å²) in [6.45, 7) is 5.18. The van der Waals surface area contributed by atoms with Crippen LogP contribution in [0.25, 0.3) is 0 Å². The number of nitriles is 1. The molecule has 1 aliphatic heterocycles. The van der Waals surface area contributed by atoms with E-state index in [1.54, 1.807) is 7.11 Å². The Labute approximate surface area is 127 Å². The highest BCUT2D eigenvalue weighted by molar-refractivity contribution is 5.32. The summed E-state index contributed by atoms with van der Waals surface area (Å²) in [5, 5.41) is 12.5. The van der Waals surface area contributed by atoms with E-state index < -0.39 is 0 Å². The molecule has 1 aliphatic rings. The van der Waals surface area contributed by atoms with Crippen molar-refractivity contribution in [3.63, 3.8) is 0 Å². The first-order valence-electron chi connectivity index (χ1n) is 7.75. The summed E-state index contributed by atoms with van der Waals surface area (Å²) in [5.74, 6) is 0. The van der Waals surface area contributed by atoms with Crippen LogP contribution in [0.4, 0.5) is 0 Å². The molecule has 1 saturated heterocycles. The Hall–Kier alpha value is -1.41. The summed E-state index contributed by atoms with van der Waals surface area (Å²) in [4.78, 5) is 2.52. The van der Waals surface area contributed by atoms with Gasteiger partial charge in [0.1, 0.15) is 0 Å². The summed E-state index contributed by atoms with van der Waals surface area (Å²) in [6.07, 6.45) is 3.52. The summed E-state index contributed by atoms with van der Waals surface area (Å²) in [7, 11) is 1.76. The van der Waals surface area contributed by atoms with Crippen LogP contribution in [0.15, 0.2) is 24.3 Å². The standard InChI is InChI=1S/C17H25N3O/c1-21-11-3-8-20-9-6-17(7-10-20)19-14-16-5-2-4-15(12-16)13-18/h2,4-5,12,17,19H,3,6-11,14H2,1H3. The maximum Gasteiger partial charge on any atom is 0.0991 e. The number of benzene rings is 1. The van der Waals surface area contributed by atoms with Crippen LogP contribution in [0.3, 0.4) is 0 Å². The van der Waals surface area contributed by atoms with Gasteiger partial charge in [0, 0.05) is 32.8 Å². The van der Waals surface area contributed by atoms with Crippen LogP contribution in [-0.4, -0.2) is 44.3 Å². The number of nitrogens with zero attached hydrogens (tertiary/aromatic N) is 2. The van der Waals surface area contributed by atoms with E-state index in [0.717, 1.165) is 31.7 Å². The van der Waals surface area contributed by atoms with Gasteiger partial charge in [-0.05, 0) is 50.0 Å². The number of likely N-dealkylation sites (tertiary alicyclic amines) is 1. The smallest absolute Gasteiger partial charge is 0.0991 e. The van der Waals surface area contributed by atoms with E-state index in [-0.39, 0.29) is 0 Å². The van der Waals surface area contributed by atoms with Gasteiger partial charge in [0.05, 0.1) is 11.6 Å². The molecule has 0 spiro atoms. The van der Waals surface area contributed by atoms with Crippen molar-refractivity contribution < 1.29 is 4.74 Å². The van der Waals surface area contributed by atoms with Crippen molar-refractivity contribution in [2.45, 2.75) is 31.8 Å². The molecule has 1 N–H and O–H groups in total. The van der Waals surface area contributed by atoms with E-state index in [1.807, 2.05) is 18.2 Å². The van der Waals surface area contributed by atoms with Crippen molar-refractivity contribution in [1.29, 1.82) is 5.26 Å². The van der Waals surface area contributed by atoms with E-state index in [4.69, 9.17) is 10.00 Å². The van der Waals surface area contributed by atoms with Crippen molar-refractivity contribution in [3.05, 3.63) is 35.4 Å². The van der Waals surface area contributed by atoms with E-state index >= 15 is 0 Å². The number of nitrogens with one attached hydrogen (secondary N) is 1. The van der Waals surface area contributed by atoms with Gasteiger partial charge in [0.15, 0.2) is 0 Å². The predicted molar refractivity (Wildman–Crippen MR) is 84.0 cm³/mol. The molecule has 0 amide bonds. The molecule has 1 heterocycles. The molecule has 0 radical (unpaired) electrons. The Morgan fingerprint density at radius 3 is 2.90 bits per heavy atom. The molecule has 2 rings (SSSR count). The van der Waals surface area contributed by atoms with Gasteiger partial charge in [-0.1, -0.05) is 12.1 Å². The molecule has 1 fully saturated rings. The quantitative estimate of drug-likeness (QED) is 0.781. The van der Waals surface area contributed by atoms with Crippen LogP contribution in [0.5, 0.6) is 0 Å². The first-order chi connectivity index (χ1) is 10.3. The summed E-state index contributed by atoms with van der Waals surface area (Å²) in [5.41, 5.74) is 1.93. The zero-order valence-corrected chi connectivity index (χ0v) is 12.8. The predicted octanol–water partition coefficient (Wildman–Crippen LogP) is 2.15. The van der Waals surface area contributed by atoms with Gasteiger partial charge in [-0.25, -0.2) is 0 Å². The van der Waals surface area contributed by atoms with E-state index in [0.29, 0.717) is 6.04 Å². The van der Waals surface area contributed by atoms with Gasteiger partial charge >= 0.3 is 0 Å². The Balaban J connectivity index is 1.68. The number of hydrogen-bond donors (Lipinski definition) is 1. The van der Waals surface area contributed by atoms with Crippen molar-refractivity contribution in [1.82, 2.24) is 10.2 Å². The normalized spacial score (nSPS) is 16.8. The lowest BCUT2D eigenvalue weighted by Crippen LogP contribution is -2.42. The number of hydrogen-bond acceptors (Lipinski definition) is 4. The van der Waals surface area contributed by atoms with Crippen LogP contribution < -0.4 is 5.32 Å². The molecule has 4 nitrogen and oxygen atoms in total. The maximum absolute atomic E-state index is 8.91. The molecule has 0 saturated carbocycles. The third kappa shape index (κ3) is 5.47. The van der Waals surface area contributed by atoms with Crippen LogP contribution in [0.1, 0.15) is 30.4 Å². The molecule has 114 valence electrons. The Bertz CT molecular complexity index is 461. The van der Waals surface area contributed by atoms with Gasteiger partial charge in [-0.2, -0.15) is 5.26 Å². The second-order valence-corrected chi connectivity index (χ2v) is 5.66. The molecule has 0 unspecified atom stereocenters. The average molecular weight is 287 g/mol. The van der Waals surface area contributed by atoms with E-state index in [2.05, 4.69) is 22.4 Å². The zero-order chi connectivity index (χ0) is 14.9. The zero-order valence-electron chi connectivity index (χ0n) is 12.8. The molecule has 4 heteroatoms. The second-order valence-electron chi connectivity index (χ2n) is 5.66. The number of methoxy groups -OCH3 is 1. The lowest BCUT2D eigenvalue weighted by Gasteiger charge is -2.32. The van der Waals surface area contributed by atoms with Crippen molar-refractivity contribution >= 4 is 0 Å². The molecular formula is C17H25N3O. The SMILES string of the molecule is COCCCN1CCC(NCc2cccc(C#N)c2)CC1. The second kappa shape index (κ2) is 8.78. The average Bonchev–Trinajstić information content (AvgIpc) is 2.54. The van der Waals surface area contributed by atoms with E-state index in [9.17, 15) is 0 Å². The summed E-state index contributed by atoms with van der Waals surface area (Å²) in [6, 6.07) is 10.6. The minimum atomic E-state index is 0.592. The third-order valence-electron chi connectivity index (χ3n) is 4.06. The highest BCUT2D eigenvalue weighted by Gasteiger charge is 2.18. The fourth-order valence-electron chi connectivity index (χ4n) is 2.81. The topological polar surface area (TPSA) is 48.3 Å². The molecule has 0 aromatic heterocycles. The Kier molecular flexibility index (Phi) is 6.68. The Morgan fingerprint density at radius 1 is 1.38 bits per heavy atom. The first-order valence-corrected chi connectivity index (χ1v) is 7.75. The molecule has 21 heavy (non-hydrogen) atoms. The molecule has 1 aromatic rings. The fourth-order valence-corrected chi connectivity index (χ4v) is 2.81. The molecule has 0 atom stereocenters. The summed E-state index contributed by atoms with van der Waals surface area (Å²) >= 11 is 0. The van der Waals surface area contributed by atoms with Crippen molar-refractivity contribution in [2.75, 3.05) is 33.4 Å². The fraction of sp³-hybridized carbons (Fsp3) is 0.588. The lowest BCUT2D eigenvalue weighted by molar-refractivity contribution is 0.152. The highest BCUT2D eigenvalue weighted by Crippen LogP contribution is 2.12.